The molecule has 0 radical (unpaired) electrons. The Kier molecular flexibility index (Phi) is 6.91. The molecular weight excluding hydrogens is 372 g/mol. The summed E-state index contributed by atoms with van der Waals surface area (Å²) in [5.41, 5.74) is 0.341. The van der Waals surface area contributed by atoms with Crippen LogP contribution in [0.2, 0.25) is 5.15 Å². The van der Waals surface area contributed by atoms with Gasteiger partial charge in [0.15, 0.2) is 5.17 Å². The van der Waals surface area contributed by atoms with Crippen LogP contribution in [0, 0.1) is 0 Å². The van der Waals surface area contributed by atoms with Gasteiger partial charge in [0, 0.05) is 12.7 Å². The summed E-state index contributed by atoms with van der Waals surface area (Å²) in [4.78, 5) is 32.9. The quantitative estimate of drug-likeness (QED) is 0.593. The van der Waals surface area contributed by atoms with E-state index in [1.54, 1.807) is 12.1 Å². The summed E-state index contributed by atoms with van der Waals surface area (Å²) in [6.07, 6.45) is 9.28. The molecule has 0 aromatic carbocycles. The Bertz CT molecular complexity index is 690. The van der Waals surface area contributed by atoms with Crippen molar-refractivity contribution in [2.24, 2.45) is 4.99 Å². The average Bonchev–Trinajstić information content (AvgIpc) is 2.82. The lowest BCUT2D eigenvalue weighted by atomic mass is 10.1. The van der Waals surface area contributed by atoms with E-state index < -0.39 is 0 Å². The van der Waals surface area contributed by atoms with Crippen molar-refractivity contribution in [1.82, 2.24) is 15.6 Å². The minimum absolute atomic E-state index is 0.0315. The molecule has 1 aromatic heterocycles. The molecule has 2 fully saturated rings. The normalized spacial score (nSPS) is 22.9. The first kappa shape index (κ1) is 19.2. The summed E-state index contributed by atoms with van der Waals surface area (Å²) in [5, 5.41) is 6.36. The van der Waals surface area contributed by atoms with Crippen molar-refractivity contribution in [1.29, 1.82) is 0 Å². The molecule has 8 heteroatoms. The third-order valence-corrected chi connectivity index (χ3v) is 6.06. The Morgan fingerprint density at radius 1 is 1.35 bits per heavy atom. The summed E-state index contributed by atoms with van der Waals surface area (Å²) in [6.45, 7) is 0.395. The Labute approximate surface area is 162 Å². The van der Waals surface area contributed by atoms with Gasteiger partial charge in [0.1, 0.15) is 5.15 Å². The molecule has 6 nitrogen and oxygen atoms in total. The molecule has 1 saturated heterocycles. The molecule has 1 atom stereocenters. The highest BCUT2D eigenvalue weighted by Crippen LogP contribution is 2.26. The van der Waals surface area contributed by atoms with Gasteiger partial charge in [0.25, 0.3) is 5.91 Å². The van der Waals surface area contributed by atoms with Gasteiger partial charge in [-0.15, -0.1) is 0 Å². The molecule has 1 unspecified atom stereocenters. The first-order valence-electron chi connectivity index (χ1n) is 9.07. The number of pyridine rings is 1. The van der Waals surface area contributed by atoms with E-state index in [1.807, 2.05) is 0 Å². The number of amidine groups is 1. The first-order valence-corrected chi connectivity index (χ1v) is 10.3. The Balaban J connectivity index is 1.47. The molecule has 2 N–H and O–H groups in total. The van der Waals surface area contributed by atoms with E-state index in [-0.39, 0.29) is 22.2 Å². The fourth-order valence-corrected chi connectivity index (χ4v) is 4.42. The van der Waals surface area contributed by atoms with Gasteiger partial charge in [-0.05, 0) is 31.4 Å². The van der Waals surface area contributed by atoms with Crippen molar-refractivity contribution in [2.75, 3.05) is 6.54 Å². The number of rotatable bonds is 5. The van der Waals surface area contributed by atoms with Crippen molar-refractivity contribution in [3.63, 3.8) is 0 Å². The van der Waals surface area contributed by atoms with Gasteiger partial charge < -0.3 is 10.6 Å². The van der Waals surface area contributed by atoms with Crippen LogP contribution in [0.4, 0.5) is 0 Å². The second-order valence-corrected chi connectivity index (χ2v) is 8.11. The molecule has 0 spiro atoms. The second-order valence-electron chi connectivity index (χ2n) is 6.56. The summed E-state index contributed by atoms with van der Waals surface area (Å²) >= 11 is 7.39. The maximum Gasteiger partial charge on any atom is 0.254 e. The largest absolute Gasteiger partial charge is 0.352 e. The van der Waals surface area contributed by atoms with Gasteiger partial charge in [-0.3, -0.25) is 14.6 Å². The predicted molar refractivity (Wildman–Crippen MR) is 105 cm³/mol. The smallest absolute Gasteiger partial charge is 0.254 e. The summed E-state index contributed by atoms with van der Waals surface area (Å²) in [7, 11) is 0. The number of hydrogen-bond donors (Lipinski definition) is 2. The number of aliphatic imine (C=N–C) groups is 1. The third kappa shape index (κ3) is 5.20. The van der Waals surface area contributed by atoms with E-state index >= 15 is 0 Å². The number of carbonyl (C=O) groups is 2. The highest BCUT2D eigenvalue weighted by atomic mass is 35.5. The van der Waals surface area contributed by atoms with Gasteiger partial charge in [-0.1, -0.05) is 49.0 Å². The van der Waals surface area contributed by atoms with E-state index in [1.165, 1.54) is 43.6 Å². The van der Waals surface area contributed by atoms with Gasteiger partial charge in [0.2, 0.25) is 5.91 Å². The van der Waals surface area contributed by atoms with Crippen molar-refractivity contribution >= 4 is 40.3 Å². The molecule has 0 bridgehead atoms. The second kappa shape index (κ2) is 9.37. The molecule has 1 saturated carbocycles. The number of carbonyl (C=O) groups excluding carboxylic acids is 2. The summed E-state index contributed by atoms with van der Waals surface area (Å²) in [5.74, 6) is -0.310. The lowest BCUT2D eigenvalue weighted by Crippen LogP contribution is -2.30. The zero-order valence-electron chi connectivity index (χ0n) is 14.5. The van der Waals surface area contributed by atoms with Crippen molar-refractivity contribution in [2.45, 2.75) is 56.2 Å². The van der Waals surface area contributed by atoms with Crippen LogP contribution in [0.25, 0.3) is 0 Å². The zero-order valence-corrected chi connectivity index (χ0v) is 16.1. The van der Waals surface area contributed by atoms with Crippen LogP contribution in [0.5, 0.6) is 0 Å². The molecule has 2 amide bonds. The Morgan fingerprint density at radius 3 is 2.85 bits per heavy atom. The predicted octanol–water partition coefficient (Wildman–Crippen LogP) is 3.17. The number of nitrogens with zero attached hydrogens (tertiary/aromatic N) is 2. The molecular formula is C18H23ClN4O2S. The highest BCUT2D eigenvalue weighted by molar-refractivity contribution is 8.15. The van der Waals surface area contributed by atoms with Crippen molar-refractivity contribution < 1.29 is 9.59 Å². The minimum atomic E-state index is -0.279. The molecule has 26 heavy (non-hydrogen) atoms. The summed E-state index contributed by atoms with van der Waals surface area (Å²) in [6, 6.07) is 3.61. The number of hydrogen-bond acceptors (Lipinski definition) is 5. The molecule has 3 rings (SSSR count). The van der Waals surface area contributed by atoms with E-state index in [4.69, 9.17) is 16.6 Å². The van der Waals surface area contributed by atoms with Crippen LogP contribution in [0.15, 0.2) is 23.3 Å². The maximum atomic E-state index is 12.1. The average molecular weight is 395 g/mol. The maximum absolute atomic E-state index is 12.1. The molecule has 2 aliphatic rings. The fourth-order valence-electron chi connectivity index (χ4n) is 3.18. The lowest BCUT2D eigenvalue weighted by molar-refractivity contribution is -0.118. The third-order valence-electron chi connectivity index (χ3n) is 4.60. The van der Waals surface area contributed by atoms with Crippen LogP contribution in [-0.2, 0) is 4.79 Å². The van der Waals surface area contributed by atoms with E-state index in [9.17, 15) is 9.59 Å². The van der Waals surface area contributed by atoms with E-state index in [2.05, 4.69) is 15.6 Å². The Hall–Kier alpha value is -1.60. The van der Waals surface area contributed by atoms with Crippen LogP contribution in [0.1, 0.15) is 55.3 Å². The van der Waals surface area contributed by atoms with Crippen molar-refractivity contribution in [3.05, 3.63) is 29.0 Å². The van der Waals surface area contributed by atoms with Crippen LogP contribution < -0.4 is 10.6 Å². The van der Waals surface area contributed by atoms with E-state index in [0.717, 1.165) is 18.0 Å². The molecule has 1 aromatic rings. The fraction of sp³-hybridized carbons (Fsp3) is 0.556. The van der Waals surface area contributed by atoms with Crippen molar-refractivity contribution in [3.8, 4) is 0 Å². The van der Waals surface area contributed by atoms with Crippen LogP contribution in [-0.4, -0.2) is 39.8 Å². The molecule has 2 heterocycles. The number of halogens is 1. The topological polar surface area (TPSA) is 83.5 Å². The van der Waals surface area contributed by atoms with Gasteiger partial charge in [-0.2, -0.15) is 0 Å². The highest BCUT2D eigenvalue weighted by Gasteiger charge is 2.30. The SMILES string of the molecule is O=C(NCCC1SC(=NC2CCCCCC2)NC1=O)c1cccnc1Cl. The number of amides is 2. The molecule has 1 aliphatic carbocycles. The molecule has 140 valence electrons. The zero-order chi connectivity index (χ0) is 18.4. The minimum Gasteiger partial charge on any atom is -0.352 e. The van der Waals surface area contributed by atoms with Crippen LogP contribution >= 0.6 is 23.4 Å². The first-order chi connectivity index (χ1) is 12.6. The molecule has 1 aliphatic heterocycles. The Morgan fingerprint density at radius 2 is 2.12 bits per heavy atom. The van der Waals surface area contributed by atoms with Gasteiger partial charge in [0.05, 0.1) is 16.9 Å². The monoisotopic (exact) mass is 394 g/mol. The van der Waals surface area contributed by atoms with Gasteiger partial charge >= 0.3 is 0 Å². The standard InChI is InChI=1S/C18H23ClN4O2S/c19-15-13(8-5-10-20-15)16(24)21-11-9-14-17(25)23-18(26-14)22-12-6-3-1-2-4-7-12/h5,8,10,12,14H,1-4,6-7,9,11H2,(H,21,24)(H,22,23,25). The number of thioether (sulfide) groups is 1. The van der Waals surface area contributed by atoms with Gasteiger partial charge in [-0.25, -0.2) is 4.98 Å². The number of nitrogens with one attached hydrogen (secondary N) is 2. The lowest BCUT2D eigenvalue weighted by Gasteiger charge is -2.09. The van der Waals surface area contributed by atoms with E-state index in [0.29, 0.717) is 24.6 Å². The number of aromatic nitrogens is 1. The summed E-state index contributed by atoms with van der Waals surface area (Å²) < 4.78 is 0. The van der Waals surface area contributed by atoms with Crippen LogP contribution in [0.3, 0.4) is 0 Å².